The molecule has 0 saturated heterocycles. The Hall–Kier alpha value is -2.97. The van der Waals surface area contributed by atoms with E-state index in [1.54, 1.807) is 0 Å². The molecule has 1 aromatic carbocycles. The molecular formula is C18H22F4N4O7. The van der Waals surface area contributed by atoms with Crippen molar-refractivity contribution < 1.29 is 51.2 Å². The number of hydrogen-bond donors (Lipinski definition) is 2. The van der Waals surface area contributed by atoms with E-state index in [-0.39, 0.29) is 65.8 Å². The van der Waals surface area contributed by atoms with Crippen molar-refractivity contribution in [2.24, 2.45) is 5.11 Å². The van der Waals surface area contributed by atoms with Crippen molar-refractivity contribution >= 4 is 17.6 Å². The first-order valence-electron chi connectivity index (χ1n) is 9.53. The van der Waals surface area contributed by atoms with Crippen LogP contribution in [-0.2, 0) is 23.7 Å². The van der Waals surface area contributed by atoms with Crippen LogP contribution in [0.3, 0.4) is 0 Å². The molecule has 0 fully saturated rings. The van der Waals surface area contributed by atoms with Crippen molar-refractivity contribution in [1.29, 1.82) is 0 Å². The Morgan fingerprint density at radius 3 is 1.73 bits per heavy atom. The third kappa shape index (κ3) is 10.0. The number of halogens is 4. The topological polar surface area (TPSA) is 152 Å². The van der Waals surface area contributed by atoms with Gasteiger partial charge in [0.05, 0.1) is 59.3 Å². The maximum Gasteiger partial charge on any atom is 0.305 e. The van der Waals surface area contributed by atoms with E-state index >= 15 is 0 Å². The van der Waals surface area contributed by atoms with Gasteiger partial charge in [0, 0.05) is 11.5 Å². The van der Waals surface area contributed by atoms with E-state index in [2.05, 4.69) is 10.0 Å². The summed E-state index contributed by atoms with van der Waals surface area (Å²) in [6.45, 7) is 1.20. The summed E-state index contributed by atoms with van der Waals surface area (Å²) < 4.78 is 75.7. The molecule has 0 aliphatic heterocycles. The van der Waals surface area contributed by atoms with Crippen LogP contribution in [0.2, 0.25) is 0 Å². The van der Waals surface area contributed by atoms with Gasteiger partial charge in [0.25, 0.3) is 5.91 Å². The SMILES string of the molecule is [N-]=[N+]=Nc1c(F)c(F)c(C(=O)NCCOCCOCCOCCOCCC(=O)O)c(F)c1F. The zero-order valence-electron chi connectivity index (χ0n) is 17.3. The van der Waals surface area contributed by atoms with Gasteiger partial charge in [-0.15, -0.1) is 0 Å². The molecule has 2 N–H and O–H groups in total. The van der Waals surface area contributed by atoms with Gasteiger partial charge in [0.1, 0.15) is 11.3 Å². The molecule has 0 bridgehead atoms. The number of ether oxygens (including phenoxy) is 4. The number of aliphatic carboxylic acids is 1. The first-order valence-corrected chi connectivity index (χ1v) is 9.53. The number of nitrogens with zero attached hydrogens (tertiary/aromatic N) is 3. The van der Waals surface area contributed by atoms with E-state index in [4.69, 9.17) is 29.6 Å². The number of rotatable bonds is 17. The van der Waals surface area contributed by atoms with Gasteiger partial charge < -0.3 is 29.4 Å². The number of carboxylic acids is 1. The van der Waals surface area contributed by atoms with Crippen molar-refractivity contribution in [3.8, 4) is 0 Å². The molecule has 11 nitrogen and oxygen atoms in total. The summed E-state index contributed by atoms with van der Waals surface area (Å²) in [5.41, 5.74) is 5.19. The maximum atomic E-state index is 13.9. The summed E-state index contributed by atoms with van der Waals surface area (Å²) >= 11 is 0. The summed E-state index contributed by atoms with van der Waals surface area (Å²) in [6.07, 6.45) is -0.0797. The Labute approximate surface area is 185 Å². The standard InChI is InChI=1S/C18H22F4N4O7/c19-13-12(14(20)16(22)17(15(13)21)25-26-23)18(29)24-2-4-31-6-8-33-10-9-32-7-5-30-3-1-11(27)28/h1-10H2,(H,24,29)(H,27,28). The van der Waals surface area contributed by atoms with Crippen molar-refractivity contribution in [3.05, 3.63) is 39.3 Å². The maximum absolute atomic E-state index is 13.9. The summed E-state index contributed by atoms with van der Waals surface area (Å²) in [5, 5.41) is 13.0. The minimum absolute atomic E-state index is 0.0791. The van der Waals surface area contributed by atoms with Crippen molar-refractivity contribution in [3.63, 3.8) is 0 Å². The molecule has 0 unspecified atom stereocenters. The quantitative estimate of drug-likeness (QED) is 0.0864. The van der Waals surface area contributed by atoms with Gasteiger partial charge in [-0.25, -0.2) is 17.6 Å². The first-order chi connectivity index (χ1) is 15.8. The number of carbonyl (C=O) groups excluding carboxylic acids is 1. The fourth-order valence-electron chi connectivity index (χ4n) is 2.20. The molecule has 0 aliphatic rings. The summed E-state index contributed by atoms with van der Waals surface area (Å²) in [6, 6.07) is 0. The van der Waals surface area contributed by atoms with Crippen LogP contribution < -0.4 is 5.32 Å². The summed E-state index contributed by atoms with van der Waals surface area (Å²) in [5.74, 6) is -10.3. The smallest absolute Gasteiger partial charge is 0.305 e. The largest absolute Gasteiger partial charge is 0.481 e. The summed E-state index contributed by atoms with van der Waals surface area (Å²) in [4.78, 5) is 24.2. The number of nitrogens with one attached hydrogen (secondary N) is 1. The monoisotopic (exact) mass is 482 g/mol. The van der Waals surface area contributed by atoms with E-state index in [1.807, 2.05) is 5.32 Å². The Balaban J connectivity index is 2.17. The Morgan fingerprint density at radius 2 is 1.27 bits per heavy atom. The lowest BCUT2D eigenvalue weighted by Crippen LogP contribution is -2.30. The molecule has 0 aliphatic carbocycles. The van der Waals surface area contributed by atoms with Gasteiger partial charge in [-0.3, -0.25) is 9.59 Å². The normalized spacial score (nSPS) is 10.7. The highest BCUT2D eigenvalue weighted by molar-refractivity contribution is 5.95. The molecular weight excluding hydrogens is 460 g/mol. The second kappa shape index (κ2) is 15.8. The molecule has 0 spiro atoms. The van der Waals surface area contributed by atoms with Crippen molar-refractivity contribution in [2.45, 2.75) is 6.42 Å². The molecule has 1 amide bonds. The molecule has 1 rings (SSSR count). The van der Waals surface area contributed by atoms with E-state index in [0.29, 0.717) is 0 Å². The molecule has 1 aromatic rings. The number of hydrogen-bond acceptors (Lipinski definition) is 7. The molecule has 0 atom stereocenters. The highest BCUT2D eigenvalue weighted by atomic mass is 19.2. The number of amides is 1. The molecule has 184 valence electrons. The fraction of sp³-hybridized carbons (Fsp3) is 0.556. The van der Waals surface area contributed by atoms with E-state index in [0.717, 1.165) is 0 Å². The number of azide groups is 1. The van der Waals surface area contributed by atoms with Crippen molar-refractivity contribution in [2.75, 3.05) is 59.4 Å². The Bertz CT molecular complexity index is 825. The number of carbonyl (C=O) groups is 2. The predicted octanol–water partition coefficient (Wildman–Crippen LogP) is 2.46. The number of carboxylic acid groups (broad SMARTS) is 1. The van der Waals surface area contributed by atoms with E-state index in [1.165, 1.54) is 0 Å². The van der Waals surface area contributed by atoms with Crippen LogP contribution in [0.15, 0.2) is 5.11 Å². The molecule has 33 heavy (non-hydrogen) atoms. The van der Waals surface area contributed by atoms with Crippen LogP contribution in [0.25, 0.3) is 10.4 Å². The zero-order valence-corrected chi connectivity index (χ0v) is 17.3. The lowest BCUT2D eigenvalue weighted by molar-refractivity contribution is -0.138. The second-order valence-corrected chi connectivity index (χ2v) is 6.02. The molecule has 0 heterocycles. The van der Waals surface area contributed by atoms with Crippen molar-refractivity contribution in [1.82, 2.24) is 5.32 Å². The van der Waals surface area contributed by atoms with Gasteiger partial charge in [0.2, 0.25) is 0 Å². The zero-order chi connectivity index (χ0) is 24.6. The fourth-order valence-corrected chi connectivity index (χ4v) is 2.20. The van der Waals surface area contributed by atoms with E-state index < -0.39 is 46.4 Å². The lowest BCUT2D eigenvalue weighted by atomic mass is 10.1. The highest BCUT2D eigenvalue weighted by Gasteiger charge is 2.28. The van der Waals surface area contributed by atoms with Crippen LogP contribution in [0.4, 0.5) is 23.2 Å². The van der Waals surface area contributed by atoms with E-state index in [9.17, 15) is 27.2 Å². The van der Waals surface area contributed by atoms with Crippen LogP contribution in [0, 0.1) is 23.3 Å². The van der Waals surface area contributed by atoms with Gasteiger partial charge in [-0.1, -0.05) is 5.11 Å². The average Bonchev–Trinajstić information content (AvgIpc) is 2.78. The van der Waals surface area contributed by atoms with Crippen LogP contribution in [0.5, 0.6) is 0 Å². The van der Waals surface area contributed by atoms with Gasteiger partial charge >= 0.3 is 5.97 Å². The Kier molecular flexibility index (Phi) is 13.4. The third-order valence-electron chi connectivity index (χ3n) is 3.72. The van der Waals surface area contributed by atoms with Gasteiger partial charge in [-0.2, -0.15) is 0 Å². The minimum atomic E-state index is -1.99. The Morgan fingerprint density at radius 1 is 0.818 bits per heavy atom. The van der Waals surface area contributed by atoms with Gasteiger partial charge in [-0.05, 0) is 5.53 Å². The molecule has 0 radical (unpaired) electrons. The second-order valence-electron chi connectivity index (χ2n) is 6.02. The van der Waals surface area contributed by atoms with Crippen LogP contribution >= 0.6 is 0 Å². The van der Waals surface area contributed by atoms with Crippen LogP contribution in [-0.4, -0.2) is 76.4 Å². The molecule has 15 heteroatoms. The lowest BCUT2D eigenvalue weighted by Gasteiger charge is -2.10. The number of benzene rings is 1. The summed E-state index contributed by atoms with van der Waals surface area (Å²) in [7, 11) is 0. The minimum Gasteiger partial charge on any atom is -0.481 e. The van der Waals surface area contributed by atoms with Crippen LogP contribution in [0.1, 0.15) is 16.8 Å². The first kappa shape index (κ1) is 28.1. The average molecular weight is 482 g/mol. The predicted molar refractivity (Wildman–Crippen MR) is 103 cm³/mol. The third-order valence-corrected chi connectivity index (χ3v) is 3.72. The molecule has 0 saturated carbocycles. The highest BCUT2D eigenvalue weighted by Crippen LogP contribution is 2.30. The molecule has 0 aromatic heterocycles. The van der Waals surface area contributed by atoms with Gasteiger partial charge in [0.15, 0.2) is 23.3 Å².